The van der Waals surface area contributed by atoms with Crippen molar-refractivity contribution in [3.05, 3.63) is 59.7 Å². The Balaban J connectivity index is 1.65. The average Bonchev–Trinajstić information content (AvgIpc) is 3.35. The Morgan fingerprint density at radius 3 is 2.39 bits per heavy atom. The number of nitrogens with one attached hydrogen (secondary N) is 1. The number of hydrogen-bond donors (Lipinski definition) is 1. The Kier molecular flexibility index (Phi) is 9.48. The fourth-order valence-electron chi connectivity index (χ4n) is 4.00. The van der Waals surface area contributed by atoms with Crippen LogP contribution in [0.15, 0.2) is 48.5 Å². The van der Waals surface area contributed by atoms with Gasteiger partial charge in [0, 0.05) is 18.3 Å². The zero-order chi connectivity index (χ0) is 23.6. The molecule has 2 aromatic rings. The van der Waals surface area contributed by atoms with E-state index in [1.165, 1.54) is 0 Å². The molecule has 2 amide bonds. The predicted octanol–water partition coefficient (Wildman–Crippen LogP) is 4.41. The molecule has 1 aliphatic rings. The maximum absolute atomic E-state index is 13.2. The molecule has 3 rings (SSSR count). The molecule has 6 nitrogen and oxygen atoms in total. The molecule has 1 unspecified atom stereocenters. The number of carbonyl (C=O) groups is 2. The van der Waals surface area contributed by atoms with Gasteiger partial charge in [-0.3, -0.25) is 9.59 Å². The van der Waals surface area contributed by atoms with Crippen LogP contribution in [0.1, 0.15) is 43.7 Å². The number of ether oxygens (including phenoxy) is 2. The number of nitrogens with zero attached hydrogens (tertiary/aromatic N) is 1. The van der Waals surface area contributed by atoms with E-state index in [4.69, 9.17) is 9.47 Å². The quantitative estimate of drug-likeness (QED) is 0.527. The topological polar surface area (TPSA) is 67.9 Å². The monoisotopic (exact) mass is 470 g/mol. The first kappa shape index (κ1) is 25.0. The average molecular weight is 471 g/mol. The van der Waals surface area contributed by atoms with E-state index in [1.54, 1.807) is 30.9 Å². The second kappa shape index (κ2) is 12.5. The number of amides is 2. The van der Waals surface area contributed by atoms with Crippen LogP contribution in [0.2, 0.25) is 0 Å². The molecule has 33 heavy (non-hydrogen) atoms. The molecule has 1 N–H and O–H groups in total. The zero-order valence-electron chi connectivity index (χ0n) is 19.7. The summed E-state index contributed by atoms with van der Waals surface area (Å²) in [5, 5.41) is 3.14. The Morgan fingerprint density at radius 2 is 1.73 bits per heavy atom. The fraction of sp³-hybridized carbons (Fsp3) is 0.462. The van der Waals surface area contributed by atoms with Crippen LogP contribution in [0.25, 0.3) is 0 Å². The number of hydrogen-bond acceptors (Lipinski definition) is 5. The van der Waals surface area contributed by atoms with E-state index in [0.717, 1.165) is 48.3 Å². The largest absolute Gasteiger partial charge is 0.497 e. The zero-order valence-corrected chi connectivity index (χ0v) is 20.5. The van der Waals surface area contributed by atoms with Crippen LogP contribution in [0.5, 0.6) is 11.5 Å². The van der Waals surface area contributed by atoms with E-state index in [0.29, 0.717) is 18.1 Å². The first-order valence-electron chi connectivity index (χ1n) is 11.4. The van der Waals surface area contributed by atoms with Crippen LogP contribution in [-0.2, 0) is 21.9 Å². The van der Waals surface area contributed by atoms with Crippen LogP contribution in [-0.4, -0.2) is 48.8 Å². The summed E-state index contributed by atoms with van der Waals surface area (Å²) in [5.74, 6) is 2.43. The molecule has 0 bridgehead atoms. The second-order valence-electron chi connectivity index (χ2n) is 8.38. The maximum atomic E-state index is 13.2. The molecule has 1 aliphatic carbocycles. The molecule has 0 aromatic heterocycles. The third kappa shape index (κ3) is 7.42. The van der Waals surface area contributed by atoms with Crippen molar-refractivity contribution in [2.24, 2.45) is 0 Å². The van der Waals surface area contributed by atoms with Crippen molar-refractivity contribution in [3.63, 3.8) is 0 Å². The van der Waals surface area contributed by atoms with Crippen molar-refractivity contribution in [2.45, 2.75) is 57.0 Å². The molecular formula is C26H34N2O4S. The van der Waals surface area contributed by atoms with Gasteiger partial charge in [-0.2, -0.15) is 0 Å². The molecule has 0 aliphatic heterocycles. The third-order valence-electron chi connectivity index (χ3n) is 6.01. The lowest BCUT2D eigenvalue weighted by Gasteiger charge is -2.30. The first-order chi connectivity index (χ1) is 16.0. The van der Waals surface area contributed by atoms with Gasteiger partial charge in [0.15, 0.2) is 0 Å². The van der Waals surface area contributed by atoms with Gasteiger partial charge >= 0.3 is 0 Å². The Hall–Kier alpha value is -2.67. The van der Waals surface area contributed by atoms with Crippen LogP contribution in [0, 0.1) is 0 Å². The van der Waals surface area contributed by atoms with E-state index >= 15 is 0 Å². The summed E-state index contributed by atoms with van der Waals surface area (Å²) in [7, 11) is 3.26. The minimum Gasteiger partial charge on any atom is -0.497 e. The Labute approximate surface area is 201 Å². The smallest absolute Gasteiger partial charge is 0.242 e. The fourth-order valence-corrected chi connectivity index (χ4v) is 4.87. The van der Waals surface area contributed by atoms with Gasteiger partial charge in [0.2, 0.25) is 11.8 Å². The third-order valence-corrected chi connectivity index (χ3v) is 7.00. The highest BCUT2D eigenvalue weighted by Crippen LogP contribution is 2.21. The number of carbonyl (C=O) groups excluding carboxylic acids is 2. The van der Waals surface area contributed by atoms with E-state index < -0.39 is 6.04 Å². The molecular weight excluding hydrogens is 436 g/mol. The van der Waals surface area contributed by atoms with E-state index in [2.05, 4.69) is 5.32 Å². The van der Waals surface area contributed by atoms with Crippen molar-refractivity contribution in [3.8, 4) is 11.5 Å². The molecule has 0 heterocycles. The van der Waals surface area contributed by atoms with Gasteiger partial charge in [0.25, 0.3) is 0 Å². The van der Waals surface area contributed by atoms with Gasteiger partial charge in [0.05, 0.1) is 20.0 Å². The lowest BCUT2D eigenvalue weighted by Crippen LogP contribution is -2.50. The Morgan fingerprint density at radius 1 is 1.03 bits per heavy atom. The van der Waals surface area contributed by atoms with Gasteiger partial charge in [-0.1, -0.05) is 37.1 Å². The molecule has 0 spiro atoms. The minimum absolute atomic E-state index is 0.0506. The van der Waals surface area contributed by atoms with Crippen LogP contribution >= 0.6 is 11.8 Å². The van der Waals surface area contributed by atoms with Crippen molar-refractivity contribution in [2.75, 3.05) is 20.0 Å². The molecule has 1 fully saturated rings. The van der Waals surface area contributed by atoms with Crippen molar-refractivity contribution < 1.29 is 19.1 Å². The highest BCUT2D eigenvalue weighted by atomic mass is 32.2. The maximum Gasteiger partial charge on any atom is 0.242 e. The van der Waals surface area contributed by atoms with E-state index in [-0.39, 0.29) is 17.9 Å². The SMILES string of the molecule is COc1ccc(CSCC(=O)N(Cc2cccc(OC)c2)C(C)C(=O)NC2CCCC2)cc1. The predicted molar refractivity (Wildman–Crippen MR) is 133 cm³/mol. The van der Waals surface area contributed by atoms with Crippen LogP contribution < -0.4 is 14.8 Å². The standard InChI is InChI=1S/C26H34N2O4S/c1-19(26(30)27-22-8-4-5-9-22)28(16-21-7-6-10-24(15-21)32-3)25(29)18-33-17-20-11-13-23(31-2)14-12-20/h6-7,10-15,19,22H,4-5,8-9,16-18H2,1-3H3,(H,27,30). The summed E-state index contributed by atoms with van der Waals surface area (Å²) in [4.78, 5) is 27.9. The second-order valence-corrected chi connectivity index (χ2v) is 9.37. The van der Waals surface area contributed by atoms with E-state index in [9.17, 15) is 9.59 Å². The number of methoxy groups -OCH3 is 2. The van der Waals surface area contributed by atoms with Crippen molar-refractivity contribution in [1.82, 2.24) is 10.2 Å². The minimum atomic E-state index is -0.550. The van der Waals surface area contributed by atoms with Gasteiger partial charge in [-0.05, 0) is 55.2 Å². The highest BCUT2D eigenvalue weighted by molar-refractivity contribution is 7.99. The summed E-state index contributed by atoms with van der Waals surface area (Å²) in [6.45, 7) is 2.18. The molecule has 2 aromatic carbocycles. The lowest BCUT2D eigenvalue weighted by molar-refractivity contribution is -0.138. The molecule has 7 heteroatoms. The van der Waals surface area contributed by atoms with Crippen molar-refractivity contribution >= 4 is 23.6 Å². The molecule has 178 valence electrons. The molecule has 1 saturated carbocycles. The summed E-state index contributed by atoms with van der Waals surface area (Å²) < 4.78 is 10.5. The number of thioether (sulfide) groups is 1. The van der Waals surface area contributed by atoms with Gasteiger partial charge in [-0.25, -0.2) is 0 Å². The summed E-state index contributed by atoms with van der Waals surface area (Å²) in [5.41, 5.74) is 2.06. The number of rotatable bonds is 11. The normalized spacial score (nSPS) is 14.5. The van der Waals surface area contributed by atoms with Crippen LogP contribution in [0.3, 0.4) is 0 Å². The van der Waals surface area contributed by atoms with Crippen LogP contribution in [0.4, 0.5) is 0 Å². The summed E-state index contributed by atoms with van der Waals surface area (Å²) in [6, 6.07) is 15.1. The van der Waals surface area contributed by atoms with E-state index in [1.807, 2.05) is 55.5 Å². The molecule has 0 radical (unpaired) electrons. The van der Waals surface area contributed by atoms with Gasteiger partial charge < -0.3 is 19.7 Å². The number of benzene rings is 2. The van der Waals surface area contributed by atoms with Crippen molar-refractivity contribution in [1.29, 1.82) is 0 Å². The lowest BCUT2D eigenvalue weighted by atomic mass is 10.1. The highest BCUT2D eigenvalue weighted by Gasteiger charge is 2.28. The summed E-state index contributed by atoms with van der Waals surface area (Å²) >= 11 is 1.55. The van der Waals surface area contributed by atoms with Gasteiger partial charge in [-0.15, -0.1) is 11.8 Å². The molecule has 0 saturated heterocycles. The summed E-state index contributed by atoms with van der Waals surface area (Å²) in [6.07, 6.45) is 4.32. The van der Waals surface area contributed by atoms with Gasteiger partial charge in [0.1, 0.15) is 17.5 Å². The molecule has 1 atom stereocenters. The Bertz CT molecular complexity index is 913. The first-order valence-corrected chi connectivity index (χ1v) is 12.6.